The summed E-state index contributed by atoms with van der Waals surface area (Å²) in [5.41, 5.74) is -0.430. The fourth-order valence-electron chi connectivity index (χ4n) is 3.08. The Bertz CT molecular complexity index is 365. The molecule has 3 aliphatic rings. The molecule has 0 spiro atoms. The van der Waals surface area contributed by atoms with Crippen LogP contribution in [0.3, 0.4) is 0 Å². The van der Waals surface area contributed by atoms with Gasteiger partial charge in [-0.2, -0.15) is 11.8 Å². The summed E-state index contributed by atoms with van der Waals surface area (Å²) >= 11 is 1.95. The van der Waals surface area contributed by atoms with Crippen LogP contribution in [-0.2, 0) is 14.3 Å². The van der Waals surface area contributed by atoms with E-state index in [2.05, 4.69) is 5.32 Å². The van der Waals surface area contributed by atoms with E-state index in [1.54, 1.807) is 0 Å². The second-order valence-corrected chi connectivity index (χ2v) is 7.80. The molecule has 5 heteroatoms. The summed E-state index contributed by atoms with van der Waals surface area (Å²) in [4.78, 5) is 12.7. The van der Waals surface area contributed by atoms with Crippen LogP contribution < -0.4 is 5.32 Å². The number of rotatable bonds is 8. The summed E-state index contributed by atoms with van der Waals surface area (Å²) in [6.07, 6.45) is 6.95. The van der Waals surface area contributed by atoms with Crippen LogP contribution in [0.15, 0.2) is 0 Å². The highest BCUT2D eigenvalue weighted by Crippen LogP contribution is 2.45. The van der Waals surface area contributed by atoms with Crippen LogP contribution in [0.2, 0.25) is 0 Å². The summed E-state index contributed by atoms with van der Waals surface area (Å²) < 4.78 is 10.9. The van der Waals surface area contributed by atoms with Gasteiger partial charge in [0.05, 0.1) is 6.61 Å². The maximum absolute atomic E-state index is 12.7. The number of thioether (sulfide) groups is 1. The Morgan fingerprint density at radius 3 is 2.52 bits per heavy atom. The largest absolute Gasteiger partial charge is 0.465 e. The molecule has 0 radical (unpaired) electrons. The van der Waals surface area contributed by atoms with Crippen molar-refractivity contribution >= 4 is 17.7 Å². The molecular weight excluding hydrogens is 286 g/mol. The summed E-state index contributed by atoms with van der Waals surface area (Å²) in [5, 5.41) is 4.30. The quantitative estimate of drug-likeness (QED) is 0.697. The first kappa shape index (κ1) is 15.6. The molecule has 0 aromatic rings. The number of ether oxygens (including phenoxy) is 2. The summed E-state index contributed by atoms with van der Waals surface area (Å²) in [7, 11) is 0. The van der Waals surface area contributed by atoms with E-state index in [0.717, 1.165) is 44.6 Å². The van der Waals surface area contributed by atoms with Crippen molar-refractivity contribution in [2.45, 2.75) is 62.3 Å². The molecule has 1 atom stereocenters. The molecule has 0 bridgehead atoms. The van der Waals surface area contributed by atoms with Gasteiger partial charge in [0.2, 0.25) is 0 Å². The third-order valence-corrected chi connectivity index (χ3v) is 6.23. The smallest absolute Gasteiger partial charge is 0.327 e. The van der Waals surface area contributed by atoms with Crippen LogP contribution >= 0.6 is 11.8 Å². The van der Waals surface area contributed by atoms with Crippen molar-refractivity contribution in [3.63, 3.8) is 0 Å². The van der Waals surface area contributed by atoms with Gasteiger partial charge in [0.15, 0.2) is 0 Å². The van der Waals surface area contributed by atoms with Gasteiger partial charge < -0.3 is 9.47 Å². The maximum Gasteiger partial charge on any atom is 0.327 e. The zero-order valence-corrected chi connectivity index (χ0v) is 13.8. The standard InChI is InChI=1S/C16H27NO3S/c1-2-20-15(18)16(12-3-4-12,17-13-5-6-13)11-21-14-7-9-19-10-8-14/h12-14,17H,2-11H2,1H3. The molecule has 0 aromatic carbocycles. The Morgan fingerprint density at radius 2 is 1.95 bits per heavy atom. The van der Waals surface area contributed by atoms with Crippen LogP contribution in [0, 0.1) is 5.92 Å². The number of carbonyl (C=O) groups is 1. The van der Waals surface area contributed by atoms with Crippen molar-refractivity contribution in [2.75, 3.05) is 25.6 Å². The fraction of sp³-hybridized carbons (Fsp3) is 0.938. The lowest BCUT2D eigenvalue weighted by Crippen LogP contribution is -2.58. The van der Waals surface area contributed by atoms with Crippen molar-refractivity contribution in [1.29, 1.82) is 0 Å². The molecule has 1 heterocycles. The molecule has 1 aliphatic heterocycles. The third kappa shape index (κ3) is 3.93. The minimum atomic E-state index is -0.430. The zero-order valence-electron chi connectivity index (χ0n) is 12.9. The molecule has 1 unspecified atom stereocenters. The number of hydrogen-bond acceptors (Lipinski definition) is 5. The number of esters is 1. The monoisotopic (exact) mass is 313 g/mol. The van der Waals surface area contributed by atoms with Crippen molar-refractivity contribution in [1.82, 2.24) is 5.32 Å². The summed E-state index contributed by atoms with van der Waals surface area (Å²) in [5.74, 6) is 1.32. The van der Waals surface area contributed by atoms with E-state index in [1.807, 2.05) is 18.7 Å². The Kier molecular flexibility index (Phi) is 5.12. The SMILES string of the molecule is CCOC(=O)C(CSC1CCOCC1)(NC1CC1)C1CC1. The molecule has 2 saturated carbocycles. The molecule has 2 aliphatic carbocycles. The molecule has 120 valence electrons. The van der Waals surface area contributed by atoms with E-state index in [-0.39, 0.29) is 5.97 Å². The Morgan fingerprint density at radius 1 is 1.24 bits per heavy atom. The molecule has 0 amide bonds. The number of hydrogen-bond donors (Lipinski definition) is 1. The first-order chi connectivity index (χ1) is 10.2. The van der Waals surface area contributed by atoms with E-state index >= 15 is 0 Å². The highest BCUT2D eigenvalue weighted by molar-refractivity contribution is 8.00. The van der Waals surface area contributed by atoms with Gasteiger partial charge in [0.25, 0.3) is 0 Å². The van der Waals surface area contributed by atoms with Crippen molar-refractivity contribution in [2.24, 2.45) is 5.92 Å². The lowest BCUT2D eigenvalue weighted by atomic mass is 9.95. The van der Waals surface area contributed by atoms with E-state index in [4.69, 9.17) is 9.47 Å². The Hall–Kier alpha value is -0.260. The van der Waals surface area contributed by atoms with Crippen LogP contribution in [0.5, 0.6) is 0 Å². The molecule has 3 rings (SSSR count). The summed E-state index contributed by atoms with van der Waals surface area (Å²) in [6, 6.07) is 0.533. The van der Waals surface area contributed by atoms with E-state index in [0.29, 0.717) is 23.8 Å². The fourth-order valence-corrected chi connectivity index (χ4v) is 4.54. The van der Waals surface area contributed by atoms with Crippen LogP contribution in [0.4, 0.5) is 0 Å². The normalized spacial score (nSPS) is 26.3. The zero-order chi connectivity index (χ0) is 14.7. The predicted octanol–water partition coefficient (Wildman–Crippen LogP) is 2.36. The molecule has 21 heavy (non-hydrogen) atoms. The van der Waals surface area contributed by atoms with Gasteiger partial charge in [0, 0.05) is 30.3 Å². The van der Waals surface area contributed by atoms with Crippen molar-refractivity contribution < 1.29 is 14.3 Å². The van der Waals surface area contributed by atoms with Gasteiger partial charge >= 0.3 is 5.97 Å². The van der Waals surface area contributed by atoms with Crippen LogP contribution in [0.1, 0.15) is 45.4 Å². The molecule has 3 fully saturated rings. The lowest BCUT2D eigenvalue weighted by Gasteiger charge is -2.34. The molecule has 1 saturated heterocycles. The minimum absolute atomic E-state index is 0.0149. The average molecular weight is 313 g/mol. The van der Waals surface area contributed by atoms with Gasteiger partial charge in [-0.15, -0.1) is 0 Å². The lowest BCUT2D eigenvalue weighted by molar-refractivity contribution is -0.151. The molecule has 4 nitrogen and oxygen atoms in total. The van der Waals surface area contributed by atoms with Gasteiger partial charge in [-0.1, -0.05) is 0 Å². The molecule has 1 N–H and O–H groups in total. The highest BCUT2D eigenvalue weighted by atomic mass is 32.2. The molecular formula is C16H27NO3S. The maximum atomic E-state index is 12.7. The van der Waals surface area contributed by atoms with E-state index in [1.165, 1.54) is 12.8 Å². The van der Waals surface area contributed by atoms with Crippen LogP contribution in [0.25, 0.3) is 0 Å². The van der Waals surface area contributed by atoms with Gasteiger partial charge in [0.1, 0.15) is 5.54 Å². The minimum Gasteiger partial charge on any atom is -0.465 e. The van der Waals surface area contributed by atoms with Gasteiger partial charge in [-0.25, -0.2) is 0 Å². The molecule has 0 aromatic heterocycles. The third-order valence-electron chi connectivity index (χ3n) is 4.67. The number of nitrogens with one attached hydrogen (secondary N) is 1. The van der Waals surface area contributed by atoms with E-state index in [9.17, 15) is 4.79 Å². The second-order valence-electron chi connectivity index (χ2n) is 6.51. The van der Waals surface area contributed by atoms with E-state index < -0.39 is 5.54 Å². The van der Waals surface area contributed by atoms with Crippen molar-refractivity contribution in [3.8, 4) is 0 Å². The average Bonchev–Trinajstić information content (AvgIpc) is 3.38. The second kappa shape index (κ2) is 6.88. The van der Waals surface area contributed by atoms with Gasteiger partial charge in [-0.05, 0) is 51.4 Å². The summed E-state index contributed by atoms with van der Waals surface area (Å²) in [6.45, 7) is 4.10. The first-order valence-electron chi connectivity index (χ1n) is 8.39. The number of carbonyl (C=O) groups excluding carboxylic acids is 1. The highest BCUT2D eigenvalue weighted by Gasteiger charge is 2.54. The Balaban J connectivity index is 1.65. The van der Waals surface area contributed by atoms with Crippen molar-refractivity contribution in [3.05, 3.63) is 0 Å². The Labute approximate surface area is 131 Å². The predicted molar refractivity (Wildman–Crippen MR) is 84.5 cm³/mol. The first-order valence-corrected chi connectivity index (χ1v) is 9.43. The van der Waals surface area contributed by atoms with Gasteiger partial charge in [-0.3, -0.25) is 10.1 Å². The van der Waals surface area contributed by atoms with Crippen LogP contribution in [-0.4, -0.2) is 48.4 Å². The topological polar surface area (TPSA) is 47.6 Å².